The van der Waals surface area contributed by atoms with Crippen molar-refractivity contribution < 1.29 is 32.2 Å². The molecule has 43 heavy (non-hydrogen) atoms. The largest absolute Gasteiger partial charge is 0.768 e. The van der Waals surface area contributed by atoms with Crippen molar-refractivity contribution in [2.24, 2.45) is 0 Å². The zero-order chi connectivity index (χ0) is 30.9. The number of carbonyl (C=O) groups excluding carboxylic acids is 1. The summed E-state index contributed by atoms with van der Waals surface area (Å²) in [5.74, 6) is 1.01. The van der Waals surface area contributed by atoms with Crippen molar-refractivity contribution in [3.8, 4) is 17.2 Å². The van der Waals surface area contributed by atoms with Crippen LogP contribution in [0.1, 0.15) is 10.4 Å². The predicted molar refractivity (Wildman–Crippen MR) is 161 cm³/mol. The number of nitrogens with one attached hydrogen (secondary N) is 2. The van der Waals surface area contributed by atoms with Gasteiger partial charge in [0.2, 0.25) is 0 Å². The first-order valence-corrected chi connectivity index (χ1v) is 13.6. The predicted octanol–water partition coefficient (Wildman–Crippen LogP) is 5.30. The molecule has 1 amide bonds. The van der Waals surface area contributed by atoms with E-state index in [9.17, 15) is 17.9 Å². The van der Waals surface area contributed by atoms with Gasteiger partial charge in [-0.05, 0) is 59.6 Å². The van der Waals surface area contributed by atoms with E-state index in [0.29, 0.717) is 28.8 Å². The molecule has 1 atom stereocenters. The molecule has 0 fully saturated rings. The topological polar surface area (TPSA) is 161 Å². The van der Waals surface area contributed by atoms with Crippen LogP contribution >= 0.6 is 0 Å². The Balaban J connectivity index is 0.000000197. The molecule has 0 saturated carbocycles. The lowest BCUT2D eigenvalue weighted by molar-refractivity contribution is 0.102. The Hall–Kier alpha value is -5.27. The molecule has 4 N–H and O–H groups in total. The molecule has 5 rings (SSSR count). The molecule has 11 nitrogen and oxygen atoms in total. The SMILES string of the molecule is COc1cc(Nc2nc3ccccc3nc2N)cc(OC)c1.COc1ccc(C(=O)Nc2cccc(S(=O)[O-])c2)cc1F. The second-order valence-corrected chi connectivity index (χ2v) is 9.68. The molecular formula is C30H27FN5O6S-. The third-order valence-corrected chi connectivity index (χ3v) is 6.55. The maximum absolute atomic E-state index is 13.5. The van der Waals surface area contributed by atoms with Crippen LogP contribution in [0, 0.1) is 5.82 Å². The standard InChI is InChI=1S/C16H16N4O2.C14H12FNO4S/c1-21-11-7-10(8-12(9-11)22-2)18-16-15(17)19-13-5-3-4-6-14(13)20-16;1-20-13-6-5-9(7-12(13)15)14(17)16-10-3-2-4-11(8-10)21(18)19/h3-9H,1-2H3,(H2,17,19)(H,18,20);2-8H,1H3,(H,16,17)(H,18,19)/p-1. The van der Waals surface area contributed by atoms with E-state index in [1.807, 2.05) is 36.4 Å². The van der Waals surface area contributed by atoms with Crippen molar-refractivity contribution >= 4 is 51.0 Å². The molecule has 0 saturated heterocycles. The fourth-order valence-electron chi connectivity index (χ4n) is 3.81. The molecule has 1 unspecified atom stereocenters. The van der Waals surface area contributed by atoms with Gasteiger partial charge in [-0.1, -0.05) is 18.2 Å². The zero-order valence-corrected chi connectivity index (χ0v) is 24.1. The van der Waals surface area contributed by atoms with Gasteiger partial charge in [0, 0.05) is 40.0 Å². The van der Waals surface area contributed by atoms with E-state index in [2.05, 4.69) is 20.6 Å². The third kappa shape index (κ3) is 7.93. The van der Waals surface area contributed by atoms with E-state index < -0.39 is 22.8 Å². The van der Waals surface area contributed by atoms with Crippen molar-refractivity contribution in [1.29, 1.82) is 0 Å². The first-order valence-electron chi connectivity index (χ1n) is 12.6. The van der Waals surface area contributed by atoms with Crippen molar-refractivity contribution in [3.63, 3.8) is 0 Å². The summed E-state index contributed by atoms with van der Waals surface area (Å²) in [5, 5.41) is 5.65. The fraction of sp³-hybridized carbons (Fsp3) is 0.100. The summed E-state index contributed by atoms with van der Waals surface area (Å²) in [6, 6.07) is 22.6. The highest BCUT2D eigenvalue weighted by molar-refractivity contribution is 7.79. The monoisotopic (exact) mass is 604 g/mol. The molecule has 4 aromatic carbocycles. The first-order chi connectivity index (χ1) is 20.7. The summed E-state index contributed by atoms with van der Waals surface area (Å²) in [5.41, 5.74) is 8.67. The Morgan fingerprint density at radius 1 is 0.837 bits per heavy atom. The highest BCUT2D eigenvalue weighted by Gasteiger charge is 2.11. The summed E-state index contributed by atoms with van der Waals surface area (Å²) in [6.07, 6.45) is 0. The van der Waals surface area contributed by atoms with E-state index >= 15 is 0 Å². The van der Waals surface area contributed by atoms with Crippen molar-refractivity contribution in [1.82, 2.24) is 9.97 Å². The van der Waals surface area contributed by atoms with Gasteiger partial charge in [0.15, 0.2) is 23.2 Å². The molecule has 5 aromatic rings. The Morgan fingerprint density at radius 2 is 1.51 bits per heavy atom. The van der Waals surface area contributed by atoms with Crippen LogP contribution in [0.5, 0.6) is 17.2 Å². The van der Waals surface area contributed by atoms with Gasteiger partial charge in [0.1, 0.15) is 11.5 Å². The Bertz CT molecular complexity index is 1770. The van der Waals surface area contributed by atoms with Gasteiger partial charge in [0.05, 0.1) is 32.4 Å². The number of hydrogen-bond donors (Lipinski definition) is 3. The average molecular weight is 605 g/mol. The van der Waals surface area contributed by atoms with E-state index in [0.717, 1.165) is 22.8 Å². The molecule has 0 bridgehead atoms. The van der Waals surface area contributed by atoms with Gasteiger partial charge in [0.25, 0.3) is 5.91 Å². The Morgan fingerprint density at radius 3 is 2.12 bits per heavy atom. The van der Waals surface area contributed by atoms with Crippen LogP contribution in [-0.2, 0) is 11.1 Å². The van der Waals surface area contributed by atoms with Crippen LogP contribution in [0.15, 0.2) is 89.8 Å². The highest BCUT2D eigenvalue weighted by atomic mass is 32.2. The number of nitrogens with two attached hydrogens (primary N) is 1. The number of amides is 1. The van der Waals surface area contributed by atoms with Crippen LogP contribution in [0.25, 0.3) is 11.0 Å². The number of halogens is 1. The summed E-state index contributed by atoms with van der Waals surface area (Å²) < 4.78 is 50.5. The van der Waals surface area contributed by atoms with Gasteiger partial charge in [-0.3, -0.25) is 9.00 Å². The number of methoxy groups -OCH3 is 3. The Kier molecular flexibility index (Phi) is 10.0. The molecule has 1 aromatic heterocycles. The van der Waals surface area contributed by atoms with Crippen molar-refractivity contribution in [2.75, 3.05) is 37.7 Å². The molecule has 13 heteroatoms. The molecule has 0 radical (unpaired) electrons. The molecule has 0 aliphatic heterocycles. The third-order valence-electron chi connectivity index (χ3n) is 5.91. The van der Waals surface area contributed by atoms with E-state index in [4.69, 9.17) is 19.9 Å². The summed E-state index contributed by atoms with van der Waals surface area (Å²) in [7, 11) is 4.53. The normalized spacial score (nSPS) is 11.1. The number of nitrogens with zero attached hydrogens (tertiary/aromatic N) is 2. The zero-order valence-electron chi connectivity index (χ0n) is 23.3. The molecule has 222 valence electrons. The van der Waals surface area contributed by atoms with Gasteiger partial charge < -0.3 is 35.1 Å². The lowest BCUT2D eigenvalue weighted by Gasteiger charge is -2.12. The number of para-hydroxylation sites is 2. The molecule has 1 heterocycles. The number of aromatic nitrogens is 2. The van der Waals surface area contributed by atoms with Gasteiger partial charge in [-0.15, -0.1) is 0 Å². The quantitative estimate of drug-likeness (QED) is 0.198. The van der Waals surface area contributed by atoms with Crippen LogP contribution in [-0.4, -0.2) is 46.0 Å². The van der Waals surface area contributed by atoms with Gasteiger partial charge in [-0.25, -0.2) is 14.4 Å². The van der Waals surface area contributed by atoms with Crippen LogP contribution < -0.4 is 30.6 Å². The number of ether oxygens (including phenoxy) is 3. The minimum atomic E-state index is -2.38. The number of fused-ring (bicyclic) bond motifs is 1. The number of hydrogen-bond acceptors (Lipinski definition) is 10. The number of carbonyl (C=O) groups is 1. The maximum Gasteiger partial charge on any atom is 0.255 e. The van der Waals surface area contributed by atoms with E-state index in [1.54, 1.807) is 20.3 Å². The smallest absolute Gasteiger partial charge is 0.255 e. The van der Waals surface area contributed by atoms with E-state index in [1.165, 1.54) is 43.5 Å². The van der Waals surface area contributed by atoms with E-state index in [-0.39, 0.29) is 16.2 Å². The van der Waals surface area contributed by atoms with Gasteiger partial charge >= 0.3 is 0 Å². The lowest BCUT2D eigenvalue weighted by Crippen LogP contribution is -2.12. The Labute approximate surface area is 249 Å². The number of nitrogen functional groups attached to an aromatic ring is 1. The number of rotatable bonds is 8. The fourth-order valence-corrected chi connectivity index (χ4v) is 4.22. The number of anilines is 4. The minimum absolute atomic E-state index is 0.0373. The minimum Gasteiger partial charge on any atom is -0.768 e. The van der Waals surface area contributed by atoms with Crippen molar-refractivity contribution in [2.45, 2.75) is 4.90 Å². The summed E-state index contributed by atoms with van der Waals surface area (Å²) >= 11 is -2.38. The van der Waals surface area contributed by atoms with Crippen molar-refractivity contribution in [3.05, 3.63) is 96.3 Å². The van der Waals surface area contributed by atoms with Gasteiger partial charge in [-0.2, -0.15) is 0 Å². The molecule has 0 spiro atoms. The van der Waals surface area contributed by atoms with Crippen LogP contribution in [0.2, 0.25) is 0 Å². The summed E-state index contributed by atoms with van der Waals surface area (Å²) in [4.78, 5) is 20.9. The van der Waals surface area contributed by atoms with Crippen LogP contribution in [0.4, 0.5) is 27.4 Å². The molecule has 0 aliphatic carbocycles. The second kappa shape index (κ2) is 14.1. The first kappa shape index (κ1) is 30.7. The summed E-state index contributed by atoms with van der Waals surface area (Å²) in [6.45, 7) is 0. The van der Waals surface area contributed by atoms with Crippen LogP contribution in [0.3, 0.4) is 0 Å². The molecular weight excluding hydrogens is 577 g/mol. The number of benzene rings is 4. The lowest BCUT2D eigenvalue weighted by atomic mass is 10.2. The highest BCUT2D eigenvalue weighted by Crippen LogP contribution is 2.29. The average Bonchev–Trinajstić information content (AvgIpc) is 3.01. The second-order valence-electron chi connectivity index (χ2n) is 8.74. The maximum atomic E-state index is 13.5. The molecule has 0 aliphatic rings.